The first kappa shape index (κ1) is 23.8. The van der Waals surface area contributed by atoms with E-state index >= 15 is 0 Å². The molecular weight excluding hydrogens is 423 g/mol. The van der Waals surface area contributed by atoms with E-state index in [1.54, 1.807) is 19.1 Å². The van der Waals surface area contributed by atoms with Gasteiger partial charge in [-0.1, -0.05) is 48.0 Å². The standard InChI is InChI=1S/C20H22F3NO5S/c1-14-9-11-17(12-10-14)30(26,27)29-15(2)13-24-18(25)19(28-3,20(21,22)23)16-7-5-4-6-8-16/h4-12,15H,13H2,1-3H3,(H,24,25)/t15-,19-/m1/s1. The number of carbonyl (C=O) groups excluding carboxylic acids is 1. The molecule has 2 aromatic rings. The molecule has 0 aliphatic heterocycles. The van der Waals surface area contributed by atoms with Gasteiger partial charge in [-0.25, -0.2) is 0 Å². The highest BCUT2D eigenvalue weighted by atomic mass is 32.2. The third kappa shape index (κ3) is 5.00. The van der Waals surface area contributed by atoms with Gasteiger partial charge in [0.1, 0.15) is 0 Å². The molecule has 0 radical (unpaired) electrons. The Morgan fingerprint density at radius 3 is 2.13 bits per heavy atom. The van der Waals surface area contributed by atoms with Gasteiger partial charge >= 0.3 is 6.18 Å². The SMILES string of the molecule is CO[C@@](C(=O)NC[C@@H](C)OS(=O)(=O)c1ccc(C)cc1)(c1ccccc1)C(F)(F)F. The second-order valence-electron chi connectivity index (χ2n) is 6.63. The molecule has 0 aliphatic carbocycles. The quantitative estimate of drug-likeness (QED) is 0.631. The van der Waals surface area contributed by atoms with E-state index in [1.165, 1.54) is 37.3 Å². The van der Waals surface area contributed by atoms with Crippen LogP contribution in [0.1, 0.15) is 18.1 Å². The normalized spacial score (nSPS) is 15.3. The van der Waals surface area contributed by atoms with Gasteiger partial charge < -0.3 is 10.1 Å². The van der Waals surface area contributed by atoms with Crippen LogP contribution in [-0.4, -0.2) is 40.3 Å². The monoisotopic (exact) mass is 445 g/mol. The summed E-state index contributed by atoms with van der Waals surface area (Å²) in [5, 5.41) is 2.09. The maximum atomic E-state index is 13.8. The number of hydrogen-bond acceptors (Lipinski definition) is 5. The van der Waals surface area contributed by atoms with E-state index in [-0.39, 0.29) is 4.90 Å². The lowest BCUT2D eigenvalue weighted by atomic mass is 9.91. The van der Waals surface area contributed by atoms with Crippen molar-refractivity contribution >= 4 is 16.0 Å². The van der Waals surface area contributed by atoms with Gasteiger partial charge in [0.15, 0.2) is 0 Å². The van der Waals surface area contributed by atoms with Gasteiger partial charge in [-0.05, 0) is 26.0 Å². The number of halogens is 3. The highest BCUT2D eigenvalue weighted by Gasteiger charge is 2.62. The highest BCUT2D eigenvalue weighted by Crippen LogP contribution is 2.42. The van der Waals surface area contributed by atoms with Crippen molar-refractivity contribution in [1.29, 1.82) is 0 Å². The first-order valence-electron chi connectivity index (χ1n) is 8.89. The van der Waals surface area contributed by atoms with E-state index in [4.69, 9.17) is 4.18 Å². The van der Waals surface area contributed by atoms with Crippen molar-refractivity contribution in [2.45, 2.75) is 36.6 Å². The zero-order chi connectivity index (χ0) is 22.6. The molecule has 0 unspecified atom stereocenters. The zero-order valence-electron chi connectivity index (χ0n) is 16.6. The van der Waals surface area contributed by atoms with Gasteiger partial charge in [-0.2, -0.15) is 21.6 Å². The summed E-state index contributed by atoms with van der Waals surface area (Å²) in [6, 6.07) is 12.3. The van der Waals surface area contributed by atoms with Crippen LogP contribution in [0.15, 0.2) is 59.5 Å². The average molecular weight is 445 g/mol. The van der Waals surface area contributed by atoms with E-state index in [1.807, 2.05) is 0 Å². The molecule has 1 amide bonds. The number of alkyl halides is 3. The van der Waals surface area contributed by atoms with E-state index in [9.17, 15) is 26.4 Å². The van der Waals surface area contributed by atoms with Gasteiger partial charge in [0.2, 0.25) is 0 Å². The van der Waals surface area contributed by atoms with Gasteiger partial charge in [0.05, 0.1) is 11.0 Å². The summed E-state index contributed by atoms with van der Waals surface area (Å²) < 4.78 is 75.8. The second-order valence-corrected chi connectivity index (χ2v) is 8.21. The van der Waals surface area contributed by atoms with E-state index in [0.29, 0.717) is 0 Å². The van der Waals surface area contributed by atoms with Crippen LogP contribution in [0.4, 0.5) is 13.2 Å². The molecule has 0 bridgehead atoms. The number of amides is 1. The zero-order valence-corrected chi connectivity index (χ0v) is 17.4. The van der Waals surface area contributed by atoms with Crippen molar-refractivity contribution in [3.63, 3.8) is 0 Å². The third-order valence-corrected chi connectivity index (χ3v) is 5.79. The van der Waals surface area contributed by atoms with Crippen LogP contribution in [0.5, 0.6) is 0 Å². The van der Waals surface area contributed by atoms with Gasteiger partial charge in [0.25, 0.3) is 21.6 Å². The summed E-state index contributed by atoms with van der Waals surface area (Å²) in [7, 11) is -3.37. The number of methoxy groups -OCH3 is 1. The fraction of sp³-hybridized carbons (Fsp3) is 0.350. The molecule has 2 rings (SSSR count). The number of aryl methyl sites for hydroxylation is 1. The molecule has 2 atom stereocenters. The van der Waals surface area contributed by atoms with E-state index in [0.717, 1.165) is 24.8 Å². The molecule has 1 N–H and O–H groups in total. The van der Waals surface area contributed by atoms with Gasteiger partial charge in [-0.15, -0.1) is 0 Å². The summed E-state index contributed by atoms with van der Waals surface area (Å²) >= 11 is 0. The maximum absolute atomic E-state index is 13.8. The van der Waals surface area contributed by atoms with Crippen LogP contribution in [0.3, 0.4) is 0 Å². The Morgan fingerprint density at radius 2 is 1.63 bits per heavy atom. The topological polar surface area (TPSA) is 81.7 Å². The Bertz CT molecular complexity index is 962. The van der Waals surface area contributed by atoms with Crippen molar-refractivity contribution in [3.05, 3.63) is 65.7 Å². The minimum absolute atomic E-state index is 0.0999. The Labute approximate surface area is 173 Å². The van der Waals surface area contributed by atoms with Crippen LogP contribution in [-0.2, 0) is 29.4 Å². The Morgan fingerprint density at radius 1 is 1.07 bits per heavy atom. The van der Waals surface area contributed by atoms with Crippen molar-refractivity contribution in [2.75, 3.05) is 13.7 Å². The summed E-state index contributed by atoms with van der Waals surface area (Å²) in [5.41, 5.74) is -2.80. The number of hydrogen-bond donors (Lipinski definition) is 1. The minimum Gasteiger partial charge on any atom is -0.356 e. The van der Waals surface area contributed by atoms with Crippen LogP contribution < -0.4 is 5.32 Å². The summed E-state index contributed by atoms with van der Waals surface area (Å²) in [4.78, 5) is 12.5. The second kappa shape index (κ2) is 9.15. The Balaban J connectivity index is 2.16. The molecule has 0 heterocycles. The summed E-state index contributed by atoms with van der Waals surface area (Å²) in [6.07, 6.45) is -6.19. The van der Waals surface area contributed by atoms with Crippen molar-refractivity contribution in [1.82, 2.24) is 5.32 Å². The minimum atomic E-state index is -5.06. The molecular formula is C20H22F3NO5S. The lowest BCUT2D eigenvalue weighted by Crippen LogP contribution is -2.56. The van der Waals surface area contributed by atoms with E-state index in [2.05, 4.69) is 10.1 Å². The lowest BCUT2D eigenvalue weighted by molar-refractivity contribution is -0.265. The van der Waals surface area contributed by atoms with Crippen molar-refractivity contribution < 1.29 is 35.3 Å². The number of nitrogens with one attached hydrogen (secondary N) is 1. The number of rotatable bonds is 8. The Hall–Kier alpha value is -2.43. The fourth-order valence-electron chi connectivity index (χ4n) is 2.79. The van der Waals surface area contributed by atoms with Gasteiger partial charge in [-0.3, -0.25) is 8.98 Å². The van der Waals surface area contributed by atoms with Crippen LogP contribution in [0.2, 0.25) is 0 Å². The molecule has 0 aliphatic rings. The number of benzene rings is 2. The van der Waals surface area contributed by atoms with Gasteiger partial charge in [0, 0.05) is 19.2 Å². The average Bonchev–Trinajstić information content (AvgIpc) is 2.67. The molecule has 2 aromatic carbocycles. The molecule has 30 heavy (non-hydrogen) atoms. The largest absolute Gasteiger partial charge is 0.430 e. The fourth-order valence-corrected chi connectivity index (χ4v) is 3.88. The third-order valence-electron chi connectivity index (χ3n) is 4.36. The molecule has 0 spiro atoms. The van der Waals surface area contributed by atoms with Crippen molar-refractivity contribution in [2.24, 2.45) is 0 Å². The van der Waals surface area contributed by atoms with E-state index < -0.39 is 46.0 Å². The highest BCUT2D eigenvalue weighted by molar-refractivity contribution is 7.86. The molecule has 0 aromatic heterocycles. The predicted molar refractivity (Wildman–Crippen MR) is 103 cm³/mol. The predicted octanol–water partition coefficient (Wildman–Crippen LogP) is 3.31. The van der Waals surface area contributed by atoms with Crippen molar-refractivity contribution in [3.8, 4) is 0 Å². The molecule has 6 nitrogen and oxygen atoms in total. The molecule has 10 heteroatoms. The lowest BCUT2D eigenvalue weighted by Gasteiger charge is -2.33. The smallest absolute Gasteiger partial charge is 0.356 e. The van der Waals surface area contributed by atoms with Crippen LogP contribution >= 0.6 is 0 Å². The van der Waals surface area contributed by atoms with Crippen LogP contribution in [0.25, 0.3) is 0 Å². The first-order valence-corrected chi connectivity index (χ1v) is 10.3. The summed E-state index contributed by atoms with van der Waals surface area (Å²) in [6.45, 7) is 2.61. The molecule has 164 valence electrons. The number of carbonyl (C=O) groups is 1. The molecule has 0 saturated heterocycles. The summed E-state index contributed by atoms with van der Waals surface area (Å²) in [5.74, 6) is -1.48. The number of ether oxygens (including phenoxy) is 1. The van der Waals surface area contributed by atoms with Crippen LogP contribution in [0, 0.1) is 6.92 Å². The first-order chi connectivity index (χ1) is 13.9. The maximum Gasteiger partial charge on any atom is 0.430 e. The molecule has 0 saturated carbocycles. The Kier molecular flexibility index (Phi) is 7.27. The molecule has 0 fully saturated rings.